The van der Waals surface area contributed by atoms with Gasteiger partial charge in [-0.15, -0.1) is 0 Å². The van der Waals surface area contributed by atoms with Crippen LogP contribution >= 0.6 is 0 Å². The number of anilines is 1. The highest BCUT2D eigenvalue weighted by atomic mass is 32.2. The Hall–Kier alpha value is -3.17. The van der Waals surface area contributed by atoms with Crippen LogP contribution in [-0.2, 0) is 29.1 Å². The van der Waals surface area contributed by atoms with Crippen molar-refractivity contribution >= 4 is 27.6 Å². The molecule has 1 N–H and O–H groups in total. The minimum atomic E-state index is -4.07. The summed E-state index contributed by atoms with van der Waals surface area (Å²) in [6, 6.07) is 12.0. The number of rotatable bonds is 6. The number of carbonyl (C=O) groups excluding carboxylic acids is 2. The van der Waals surface area contributed by atoms with E-state index in [1.807, 2.05) is 0 Å². The molecule has 0 saturated carbocycles. The summed E-state index contributed by atoms with van der Waals surface area (Å²) >= 11 is 0. The van der Waals surface area contributed by atoms with Crippen molar-refractivity contribution in [3.8, 4) is 0 Å². The Morgan fingerprint density at radius 2 is 1.61 bits per heavy atom. The number of carbonyl (C=O) groups is 2. The van der Waals surface area contributed by atoms with Crippen molar-refractivity contribution in [3.63, 3.8) is 0 Å². The van der Waals surface area contributed by atoms with E-state index in [2.05, 4.69) is 11.9 Å². The zero-order chi connectivity index (χ0) is 24.0. The fourth-order valence-electron chi connectivity index (χ4n) is 4.63. The minimum Gasteiger partial charge on any atom is -0.464 e. The van der Waals surface area contributed by atoms with Crippen molar-refractivity contribution in [1.82, 2.24) is 5.32 Å². The van der Waals surface area contributed by atoms with Crippen LogP contribution < -0.4 is 9.62 Å². The van der Waals surface area contributed by atoms with E-state index in [0.29, 0.717) is 16.8 Å². The molecule has 1 fully saturated rings. The third-order valence-corrected chi connectivity index (χ3v) is 8.04. The summed E-state index contributed by atoms with van der Waals surface area (Å²) in [5.41, 5.74) is -0.272. The van der Waals surface area contributed by atoms with Crippen molar-refractivity contribution in [3.05, 3.63) is 71.8 Å². The monoisotopic (exact) mass is 470 g/mol. The lowest BCUT2D eigenvalue weighted by atomic mass is 9.90. The van der Waals surface area contributed by atoms with Gasteiger partial charge in [-0.2, -0.15) is 0 Å². The second-order valence-corrected chi connectivity index (χ2v) is 9.69. The molecule has 0 radical (unpaired) electrons. The molecule has 0 aromatic heterocycles. The number of para-hydroxylation sites is 1. The maximum absolute atomic E-state index is 13.9. The normalized spacial score (nSPS) is 20.8. The van der Waals surface area contributed by atoms with E-state index in [-0.39, 0.29) is 23.7 Å². The molecule has 2 aromatic carbocycles. The fourth-order valence-corrected chi connectivity index (χ4v) is 6.54. The van der Waals surface area contributed by atoms with E-state index in [4.69, 9.17) is 9.47 Å². The maximum atomic E-state index is 13.9. The summed E-state index contributed by atoms with van der Waals surface area (Å²) in [5.74, 6) is -1.73. The summed E-state index contributed by atoms with van der Waals surface area (Å²) in [4.78, 5) is 26.3. The second-order valence-electron chi connectivity index (χ2n) is 7.91. The van der Waals surface area contributed by atoms with E-state index in [1.165, 1.54) is 10.4 Å². The lowest BCUT2D eigenvalue weighted by Crippen LogP contribution is -2.58. The molecular formula is C24H26N2O6S. The second kappa shape index (κ2) is 8.31. The third-order valence-electron chi connectivity index (χ3n) is 6.08. The van der Waals surface area contributed by atoms with Gasteiger partial charge in [0.25, 0.3) is 10.0 Å². The average Bonchev–Trinajstić information content (AvgIpc) is 3.27. The summed E-state index contributed by atoms with van der Waals surface area (Å²) in [5, 5.41) is 3.05. The van der Waals surface area contributed by atoms with Gasteiger partial charge in [0, 0.05) is 0 Å². The molecule has 0 bridgehead atoms. The van der Waals surface area contributed by atoms with Crippen molar-refractivity contribution in [2.75, 3.05) is 17.5 Å². The van der Waals surface area contributed by atoms with Crippen molar-refractivity contribution in [2.24, 2.45) is 0 Å². The molecule has 2 heterocycles. The van der Waals surface area contributed by atoms with E-state index in [9.17, 15) is 18.0 Å². The van der Waals surface area contributed by atoms with Crippen LogP contribution in [0.2, 0.25) is 0 Å². The fraction of sp³-hybridized carbons (Fsp3) is 0.333. The summed E-state index contributed by atoms with van der Waals surface area (Å²) in [6.45, 7) is 9.08. The number of esters is 2. The number of aryl methyl sites for hydroxylation is 1. The topological polar surface area (TPSA) is 102 Å². The number of hydrogen-bond donors (Lipinski definition) is 1. The predicted molar refractivity (Wildman–Crippen MR) is 122 cm³/mol. The zero-order valence-electron chi connectivity index (χ0n) is 18.7. The van der Waals surface area contributed by atoms with Crippen LogP contribution in [0.4, 0.5) is 5.69 Å². The van der Waals surface area contributed by atoms with Crippen LogP contribution in [0, 0.1) is 6.92 Å². The van der Waals surface area contributed by atoms with E-state index in [1.54, 1.807) is 63.2 Å². The van der Waals surface area contributed by atoms with Crippen molar-refractivity contribution in [1.29, 1.82) is 0 Å². The highest BCUT2D eigenvalue weighted by Gasteiger charge is 2.65. The Bertz CT molecular complexity index is 1220. The molecule has 33 heavy (non-hydrogen) atoms. The SMILES string of the molecule is C=C1[C@H]2[C@@H](NC1(C(=O)OCC)C(=O)OCC)c1ccccc1N2S(=O)(=O)c1ccccc1C. The first-order chi connectivity index (χ1) is 15.7. The van der Waals surface area contributed by atoms with Gasteiger partial charge in [0.05, 0.1) is 35.9 Å². The molecule has 8 nitrogen and oxygen atoms in total. The first-order valence-corrected chi connectivity index (χ1v) is 12.2. The highest BCUT2D eigenvalue weighted by Crippen LogP contribution is 2.52. The number of fused-ring (bicyclic) bond motifs is 3. The molecule has 0 aliphatic carbocycles. The van der Waals surface area contributed by atoms with Gasteiger partial charge < -0.3 is 9.47 Å². The maximum Gasteiger partial charge on any atom is 0.342 e. The molecule has 2 aliphatic heterocycles. The lowest BCUT2D eigenvalue weighted by Gasteiger charge is -2.31. The number of sulfonamides is 1. The number of ether oxygens (including phenoxy) is 2. The van der Waals surface area contributed by atoms with Gasteiger partial charge in [-0.3, -0.25) is 9.62 Å². The molecule has 4 rings (SSSR count). The standard InChI is InChI=1S/C24H26N2O6S/c1-5-31-22(27)24(23(28)32-6-2)16(4)21-20(25-24)17-12-8-9-13-18(17)26(21)33(29,30)19-14-10-7-11-15(19)3/h7-14,20-21,25H,4-6H2,1-3H3/t20-,21-/m0/s1. The number of nitrogens with zero attached hydrogens (tertiary/aromatic N) is 1. The van der Waals surface area contributed by atoms with Crippen LogP contribution in [0.25, 0.3) is 0 Å². The first kappa shape index (κ1) is 23.0. The van der Waals surface area contributed by atoms with Gasteiger partial charge in [-0.1, -0.05) is 43.0 Å². The summed E-state index contributed by atoms with van der Waals surface area (Å²) in [7, 11) is -4.07. The van der Waals surface area contributed by atoms with Crippen LogP contribution in [-0.4, -0.2) is 45.2 Å². The number of benzene rings is 2. The molecule has 2 aromatic rings. The highest BCUT2D eigenvalue weighted by molar-refractivity contribution is 7.93. The molecule has 2 aliphatic rings. The molecule has 0 amide bonds. The quantitative estimate of drug-likeness (QED) is 0.393. The molecule has 2 atom stereocenters. The average molecular weight is 471 g/mol. The summed E-state index contributed by atoms with van der Waals surface area (Å²) in [6.07, 6.45) is 0. The third kappa shape index (κ3) is 3.26. The Kier molecular flexibility index (Phi) is 5.79. The Balaban J connectivity index is 1.92. The van der Waals surface area contributed by atoms with Crippen molar-refractivity contribution in [2.45, 2.75) is 43.3 Å². The number of hydrogen-bond acceptors (Lipinski definition) is 7. The largest absolute Gasteiger partial charge is 0.464 e. The van der Waals surface area contributed by atoms with E-state index >= 15 is 0 Å². The van der Waals surface area contributed by atoms with Gasteiger partial charge in [-0.05, 0) is 49.6 Å². The zero-order valence-corrected chi connectivity index (χ0v) is 19.5. The molecule has 9 heteroatoms. The first-order valence-electron chi connectivity index (χ1n) is 10.7. The summed E-state index contributed by atoms with van der Waals surface area (Å²) < 4.78 is 39.5. The van der Waals surface area contributed by atoms with Crippen LogP contribution in [0.1, 0.15) is 31.0 Å². The van der Waals surface area contributed by atoms with Crippen LogP contribution in [0.5, 0.6) is 0 Å². The Labute approximate surface area is 193 Å². The molecule has 1 saturated heterocycles. The minimum absolute atomic E-state index is 0.0338. The molecule has 0 spiro atoms. The van der Waals surface area contributed by atoms with E-state index in [0.717, 1.165) is 0 Å². The Morgan fingerprint density at radius 1 is 1.03 bits per heavy atom. The van der Waals surface area contributed by atoms with Crippen molar-refractivity contribution < 1.29 is 27.5 Å². The van der Waals surface area contributed by atoms with E-state index < -0.39 is 39.6 Å². The molecule has 174 valence electrons. The molecule has 0 unspecified atom stereocenters. The van der Waals surface area contributed by atoms with Crippen LogP contribution in [0.15, 0.2) is 65.6 Å². The predicted octanol–water partition coefficient (Wildman–Crippen LogP) is 2.64. The molecular weight excluding hydrogens is 444 g/mol. The smallest absolute Gasteiger partial charge is 0.342 e. The van der Waals surface area contributed by atoms with Gasteiger partial charge in [0.1, 0.15) is 0 Å². The van der Waals surface area contributed by atoms with Gasteiger partial charge in [-0.25, -0.2) is 18.0 Å². The lowest BCUT2D eigenvalue weighted by molar-refractivity contribution is -0.163. The van der Waals surface area contributed by atoms with Gasteiger partial charge in [0.2, 0.25) is 5.54 Å². The van der Waals surface area contributed by atoms with Gasteiger partial charge >= 0.3 is 11.9 Å². The van der Waals surface area contributed by atoms with Gasteiger partial charge in [0.15, 0.2) is 0 Å². The van der Waals surface area contributed by atoms with Crippen LogP contribution in [0.3, 0.4) is 0 Å². The Morgan fingerprint density at radius 3 is 2.21 bits per heavy atom. The number of nitrogens with one attached hydrogen (secondary N) is 1.